The number of carbonyl (C=O) groups is 3. The van der Waals surface area contributed by atoms with Crippen LogP contribution in [0.15, 0.2) is 42.5 Å². The average molecular weight is 457 g/mol. The van der Waals surface area contributed by atoms with Gasteiger partial charge in [-0.2, -0.15) is 13.2 Å². The van der Waals surface area contributed by atoms with Crippen molar-refractivity contribution in [1.82, 2.24) is 10.6 Å². The van der Waals surface area contributed by atoms with Crippen LogP contribution in [0.2, 0.25) is 0 Å². The molecule has 0 aliphatic rings. The van der Waals surface area contributed by atoms with Gasteiger partial charge < -0.3 is 10.6 Å². The van der Waals surface area contributed by atoms with Gasteiger partial charge in [-0.1, -0.05) is 0 Å². The quantitative estimate of drug-likeness (QED) is 0.558. The molecule has 3 N–H and O–H groups in total. The maximum absolute atomic E-state index is 13.2. The topological polar surface area (TPSA) is 87.3 Å². The molecule has 0 unspecified atom stereocenters. The minimum Gasteiger partial charge on any atom is -0.374 e. The molecule has 3 amide bonds. The van der Waals surface area contributed by atoms with E-state index in [0.717, 1.165) is 36.4 Å². The number of hydrogen-bond acceptors (Lipinski definition) is 4. The molecule has 0 aliphatic carbocycles. The maximum atomic E-state index is 13.2. The lowest BCUT2D eigenvalue weighted by Gasteiger charge is -2.18. The zero-order valence-corrected chi connectivity index (χ0v) is 17.0. The van der Waals surface area contributed by atoms with E-state index in [2.05, 4.69) is 16.0 Å². The second kappa shape index (κ2) is 10.2. The Bertz CT molecular complexity index is 973. The predicted octanol–water partition coefficient (Wildman–Crippen LogP) is 3.17. The molecule has 0 aliphatic heterocycles. The first-order valence-electron chi connectivity index (χ1n) is 9.38. The molecular weight excluding hydrogens is 437 g/mol. The first kappa shape index (κ1) is 24.8. The van der Waals surface area contributed by atoms with E-state index in [1.807, 2.05) is 0 Å². The van der Waals surface area contributed by atoms with E-state index in [1.54, 1.807) is 0 Å². The van der Waals surface area contributed by atoms with Crippen LogP contribution < -0.4 is 16.0 Å². The first-order chi connectivity index (χ1) is 14.8. The number of anilines is 1. The van der Waals surface area contributed by atoms with Gasteiger partial charge in [-0.3, -0.25) is 19.7 Å². The van der Waals surface area contributed by atoms with Gasteiger partial charge in [-0.25, -0.2) is 8.78 Å². The van der Waals surface area contributed by atoms with Crippen molar-refractivity contribution in [3.63, 3.8) is 0 Å². The summed E-state index contributed by atoms with van der Waals surface area (Å²) in [5, 5.41) is 7.03. The summed E-state index contributed by atoms with van der Waals surface area (Å²) in [6.45, 7) is 2.70. The summed E-state index contributed by atoms with van der Waals surface area (Å²) >= 11 is 0. The summed E-state index contributed by atoms with van der Waals surface area (Å²) in [5.74, 6) is -4.00. The van der Waals surface area contributed by atoms with Gasteiger partial charge in [0.25, 0.3) is 0 Å². The predicted molar refractivity (Wildman–Crippen MR) is 105 cm³/mol. The second-order valence-corrected chi connectivity index (χ2v) is 7.04. The van der Waals surface area contributed by atoms with E-state index in [0.29, 0.717) is 6.07 Å². The van der Waals surface area contributed by atoms with Gasteiger partial charge in [-0.05, 0) is 55.8 Å². The average Bonchev–Trinajstić information content (AvgIpc) is 2.66. The standard InChI is InChI=1S/C21H20F5N3O3/c1-11(27-17-5-3-14(4-6-17)21(24,25)26)19(31)29-20(32)12(2)28-18(30)9-13-7-15(22)10-16(23)8-13/h3-8,10-12,27H,9H2,1-2H3,(H,28,30)(H,29,31,32)/t11-,12-/m0/s1. The van der Waals surface area contributed by atoms with E-state index < -0.39 is 53.2 Å². The van der Waals surface area contributed by atoms with E-state index in [-0.39, 0.29) is 17.7 Å². The number of amides is 3. The number of carbonyl (C=O) groups excluding carboxylic acids is 3. The summed E-state index contributed by atoms with van der Waals surface area (Å²) in [5.41, 5.74) is -0.546. The lowest BCUT2D eigenvalue weighted by atomic mass is 10.1. The van der Waals surface area contributed by atoms with E-state index in [1.165, 1.54) is 13.8 Å². The van der Waals surface area contributed by atoms with Gasteiger partial charge in [0.05, 0.1) is 12.0 Å². The monoisotopic (exact) mass is 457 g/mol. The van der Waals surface area contributed by atoms with Crippen LogP contribution in [-0.2, 0) is 27.0 Å². The number of hydrogen-bond donors (Lipinski definition) is 3. The Morgan fingerprint density at radius 3 is 1.94 bits per heavy atom. The molecule has 32 heavy (non-hydrogen) atoms. The van der Waals surface area contributed by atoms with Crippen LogP contribution in [0.25, 0.3) is 0 Å². The SMILES string of the molecule is C[C@H](NC(=O)Cc1cc(F)cc(F)c1)C(=O)NC(=O)[C@H](C)Nc1ccc(C(F)(F)F)cc1. The van der Waals surface area contributed by atoms with Gasteiger partial charge in [0.1, 0.15) is 23.7 Å². The van der Waals surface area contributed by atoms with Crippen LogP contribution in [0.1, 0.15) is 25.0 Å². The molecule has 2 rings (SSSR count). The highest BCUT2D eigenvalue weighted by atomic mass is 19.4. The fourth-order valence-electron chi connectivity index (χ4n) is 2.67. The minimum absolute atomic E-state index is 0.0676. The van der Waals surface area contributed by atoms with Gasteiger partial charge >= 0.3 is 6.18 Å². The summed E-state index contributed by atoms with van der Waals surface area (Å²) in [7, 11) is 0. The lowest BCUT2D eigenvalue weighted by Crippen LogP contribution is -2.50. The Hall–Kier alpha value is -3.50. The van der Waals surface area contributed by atoms with E-state index >= 15 is 0 Å². The third kappa shape index (κ3) is 7.33. The molecule has 0 radical (unpaired) electrons. The van der Waals surface area contributed by atoms with Crippen molar-refractivity contribution in [3.8, 4) is 0 Å². The zero-order valence-electron chi connectivity index (χ0n) is 17.0. The van der Waals surface area contributed by atoms with E-state index in [4.69, 9.17) is 0 Å². The molecule has 0 saturated carbocycles. The third-order valence-corrected chi connectivity index (χ3v) is 4.29. The van der Waals surface area contributed by atoms with Crippen molar-refractivity contribution >= 4 is 23.4 Å². The van der Waals surface area contributed by atoms with Crippen molar-refractivity contribution in [2.24, 2.45) is 0 Å². The Balaban J connectivity index is 1.86. The molecule has 2 aromatic rings. The van der Waals surface area contributed by atoms with Gasteiger partial charge in [0.2, 0.25) is 17.7 Å². The summed E-state index contributed by atoms with van der Waals surface area (Å²) < 4.78 is 64.2. The van der Waals surface area contributed by atoms with Crippen molar-refractivity contribution in [3.05, 3.63) is 65.2 Å². The smallest absolute Gasteiger partial charge is 0.374 e. The molecule has 0 bridgehead atoms. The first-order valence-corrected chi connectivity index (χ1v) is 9.38. The Kier molecular flexibility index (Phi) is 7.90. The Labute approximate surface area is 180 Å². The van der Waals surface area contributed by atoms with Crippen LogP contribution in [0.3, 0.4) is 0 Å². The molecule has 0 aromatic heterocycles. The molecule has 11 heteroatoms. The molecule has 172 valence electrons. The fourth-order valence-corrected chi connectivity index (χ4v) is 2.67. The Morgan fingerprint density at radius 1 is 0.875 bits per heavy atom. The van der Waals surface area contributed by atoms with Crippen molar-refractivity contribution in [2.75, 3.05) is 5.32 Å². The highest BCUT2D eigenvalue weighted by Crippen LogP contribution is 2.29. The van der Waals surface area contributed by atoms with Crippen LogP contribution in [-0.4, -0.2) is 29.8 Å². The number of alkyl halides is 3. The molecule has 0 spiro atoms. The van der Waals surface area contributed by atoms with Crippen LogP contribution in [0, 0.1) is 11.6 Å². The summed E-state index contributed by atoms with van der Waals surface area (Å²) in [6, 6.07) is 4.48. The number of nitrogens with one attached hydrogen (secondary N) is 3. The minimum atomic E-state index is -4.49. The number of imide groups is 1. The molecule has 0 saturated heterocycles. The zero-order chi connectivity index (χ0) is 24.1. The molecular formula is C21H20F5N3O3. The molecule has 2 atom stereocenters. The van der Waals surface area contributed by atoms with Crippen molar-refractivity contribution in [2.45, 2.75) is 38.5 Å². The molecule has 0 fully saturated rings. The second-order valence-electron chi connectivity index (χ2n) is 7.04. The number of benzene rings is 2. The highest BCUT2D eigenvalue weighted by molar-refractivity contribution is 6.01. The summed E-state index contributed by atoms with van der Waals surface area (Å²) in [4.78, 5) is 36.3. The number of halogens is 5. The maximum Gasteiger partial charge on any atom is 0.416 e. The highest BCUT2D eigenvalue weighted by Gasteiger charge is 2.30. The fraction of sp³-hybridized carbons (Fsp3) is 0.286. The Morgan fingerprint density at radius 2 is 1.41 bits per heavy atom. The largest absolute Gasteiger partial charge is 0.416 e. The molecule has 6 nitrogen and oxygen atoms in total. The lowest BCUT2D eigenvalue weighted by molar-refractivity contribution is -0.137. The van der Waals surface area contributed by atoms with E-state index in [9.17, 15) is 36.3 Å². The van der Waals surface area contributed by atoms with Gasteiger partial charge in [0.15, 0.2) is 0 Å². The number of rotatable bonds is 7. The molecule has 0 heterocycles. The van der Waals surface area contributed by atoms with Crippen molar-refractivity contribution in [1.29, 1.82) is 0 Å². The van der Waals surface area contributed by atoms with Crippen molar-refractivity contribution < 1.29 is 36.3 Å². The third-order valence-electron chi connectivity index (χ3n) is 4.29. The van der Waals surface area contributed by atoms with Crippen LogP contribution >= 0.6 is 0 Å². The van der Waals surface area contributed by atoms with Crippen LogP contribution in [0.4, 0.5) is 27.6 Å². The summed E-state index contributed by atoms with van der Waals surface area (Å²) in [6.07, 6.45) is -4.87. The normalized spacial score (nSPS) is 13.1. The molecule has 2 aromatic carbocycles. The van der Waals surface area contributed by atoms with Gasteiger partial charge in [0, 0.05) is 11.8 Å². The van der Waals surface area contributed by atoms with Gasteiger partial charge in [-0.15, -0.1) is 0 Å². The van der Waals surface area contributed by atoms with Crippen LogP contribution in [0.5, 0.6) is 0 Å².